The van der Waals surface area contributed by atoms with Crippen LogP contribution in [0, 0.1) is 0 Å². The molecular weight excluding hydrogens is 298 g/mol. The molecule has 0 fully saturated rings. The molecule has 0 aliphatic heterocycles. The maximum atomic E-state index is 12.0. The Balaban J connectivity index is 4.66. The van der Waals surface area contributed by atoms with E-state index in [2.05, 4.69) is 14.1 Å². The zero-order valence-electron chi connectivity index (χ0n) is 8.41. The van der Waals surface area contributed by atoms with Crippen LogP contribution >= 0.6 is 12.0 Å². The summed E-state index contributed by atoms with van der Waals surface area (Å²) in [6, 6.07) is 0. The molecule has 0 aromatic heterocycles. The second kappa shape index (κ2) is 6.45. The van der Waals surface area contributed by atoms with Crippen LogP contribution in [0.2, 0.25) is 0 Å². The van der Waals surface area contributed by atoms with Crippen LogP contribution in [0.15, 0.2) is 0 Å². The van der Waals surface area contributed by atoms with E-state index in [0.29, 0.717) is 0 Å². The molecule has 0 aliphatic rings. The first-order valence-corrected chi connectivity index (χ1v) is 4.78. The first-order valence-electron chi connectivity index (χ1n) is 3.97. The molecule has 1 N–H and O–H groups in total. The summed E-state index contributed by atoms with van der Waals surface area (Å²) in [7, 11) is 0. The summed E-state index contributed by atoms with van der Waals surface area (Å²) in [6.07, 6.45) is -15.8. The Kier molecular flexibility index (Phi) is 6.19. The predicted octanol–water partition coefficient (Wildman–Crippen LogP) is 2.48. The van der Waals surface area contributed by atoms with Crippen LogP contribution < -0.4 is 0 Å². The largest absolute Gasteiger partial charge is 0.442 e. The van der Waals surface area contributed by atoms with E-state index in [4.69, 9.17) is 5.26 Å². The lowest BCUT2D eigenvalue weighted by Gasteiger charge is -2.23. The molecule has 18 heavy (non-hydrogen) atoms. The van der Waals surface area contributed by atoms with E-state index in [1.54, 1.807) is 0 Å². The van der Waals surface area contributed by atoms with Gasteiger partial charge in [-0.2, -0.15) is 26.3 Å². The quantitative estimate of drug-likeness (QED) is 0.277. The molecule has 0 spiro atoms. The zero-order chi connectivity index (χ0) is 14.6. The molecule has 0 amide bonds. The Morgan fingerprint density at radius 3 is 1.94 bits per heavy atom. The highest BCUT2D eigenvalue weighted by atomic mass is 32.2. The molecule has 0 aromatic carbocycles. The molecule has 1 unspecified atom stereocenters. The lowest BCUT2D eigenvalue weighted by molar-refractivity contribution is -0.432. The van der Waals surface area contributed by atoms with Gasteiger partial charge in [0.2, 0.25) is 0 Å². The zero-order valence-corrected chi connectivity index (χ0v) is 9.23. The standard InChI is InChI=1S/C6H6F6O5S/c1-2(18-17-16-14)3(13)15-4(5(7,8)9)6(10,11)12/h2,4,14H,1H3. The predicted molar refractivity (Wildman–Crippen MR) is 43.8 cm³/mol. The van der Waals surface area contributed by atoms with Crippen LogP contribution in [0.1, 0.15) is 6.92 Å². The van der Waals surface area contributed by atoms with Gasteiger partial charge in [-0.1, -0.05) is 5.04 Å². The third-order valence-electron chi connectivity index (χ3n) is 1.37. The van der Waals surface area contributed by atoms with Crippen molar-refractivity contribution in [2.75, 3.05) is 0 Å². The van der Waals surface area contributed by atoms with Gasteiger partial charge in [-0.25, -0.2) is 5.26 Å². The van der Waals surface area contributed by atoms with Gasteiger partial charge in [0, 0.05) is 12.0 Å². The molecule has 0 saturated carbocycles. The van der Waals surface area contributed by atoms with E-state index in [9.17, 15) is 31.1 Å². The molecule has 5 nitrogen and oxygen atoms in total. The fraction of sp³-hybridized carbons (Fsp3) is 0.833. The number of carbonyl (C=O) groups excluding carboxylic acids is 1. The maximum absolute atomic E-state index is 12.0. The van der Waals surface area contributed by atoms with Crippen molar-refractivity contribution in [3.05, 3.63) is 0 Å². The van der Waals surface area contributed by atoms with Gasteiger partial charge in [0.1, 0.15) is 5.25 Å². The van der Waals surface area contributed by atoms with Crippen LogP contribution in [0.4, 0.5) is 26.3 Å². The minimum Gasteiger partial charge on any atom is -0.442 e. The maximum Gasteiger partial charge on any atom is 0.434 e. The van der Waals surface area contributed by atoms with E-state index in [1.807, 2.05) is 0 Å². The second-order valence-corrected chi connectivity index (χ2v) is 3.82. The summed E-state index contributed by atoms with van der Waals surface area (Å²) in [6.45, 7) is 0.885. The van der Waals surface area contributed by atoms with E-state index >= 15 is 0 Å². The molecule has 0 heterocycles. The van der Waals surface area contributed by atoms with Crippen molar-refractivity contribution in [2.45, 2.75) is 30.6 Å². The van der Waals surface area contributed by atoms with Crippen molar-refractivity contribution in [3.63, 3.8) is 0 Å². The fourth-order valence-corrected chi connectivity index (χ4v) is 0.934. The summed E-state index contributed by atoms with van der Waals surface area (Å²) in [5.41, 5.74) is 0. The monoisotopic (exact) mass is 304 g/mol. The molecule has 0 aromatic rings. The minimum absolute atomic E-state index is 0.0337. The summed E-state index contributed by atoms with van der Waals surface area (Å²) in [5, 5.41) is 9.12. The fourth-order valence-electron chi connectivity index (χ4n) is 0.647. The van der Waals surface area contributed by atoms with Gasteiger partial charge >= 0.3 is 18.3 Å². The second-order valence-electron chi connectivity index (χ2n) is 2.78. The van der Waals surface area contributed by atoms with Crippen LogP contribution in [-0.2, 0) is 18.9 Å². The molecule has 0 bridgehead atoms. The Morgan fingerprint density at radius 1 is 1.17 bits per heavy atom. The summed E-state index contributed by atoms with van der Waals surface area (Å²) in [5.74, 6) is -1.84. The van der Waals surface area contributed by atoms with Crippen LogP contribution in [0.5, 0.6) is 0 Å². The molecule has 0 aliphatic carbocycles. The first kappa shape index (κ1) is 17.3. The lowest BCUT2D eigenvalue weighted by atomic mass is 10.3. The SMILES string of the molecule is CC(SOOO)C(=O)OC(C(F)(F)F)C(F)(F)F. The lowest BCUT2D eigenvalue weighted by Crippen LogP contribution is -2.46. The van der Waals surface area contributed by atoms with Gasteiger partial charge in [-0.05, 0) is 6.92 Å². The average molecular weight is 304 g/mol. The number of hydrogen-bond acceptors (Lipinski definition) is 6. The molecule has 12 heteroatoms. The van der Waals surface area contributed by atoms with Crippen molar-refractivity contribution in [2.24, 2.45) is 0 Å². The minimum atomic E-state index is -5.79. The Morgan fingerprint density at radius 2 is 1.61 bits per heavy atom. The number of carbonyl (C=O) groups is 1. The number of halogens is 6. The smallest absolute Gasteiger partial charge is 0.434 e. The van der Waals surface area contributed by atoms with Crippen molar-refractivity contribution in [1.82, 2.24) is 0 Å². The Bertz CT molecular complexity index is 265. The van der Waals surface area contributed by atoms with E-state index in [-0.39, 0.29) is 12.0 Å². The van der Waals surface area contributed by atoms with E-state index < -0.39 is 29.7 Å². The van der Waals surface area contributed by atoms with Gasteiger partial charge in [0.25, 0.3) is 6.10 Å². The highest BCUT2D eigenvalue weighted by Gasteiger charge is 2.60. The number of ether oxygens (including phenoxy) is 1. The van der Waals surface area contributed by atoms with Crippen molar-refractivity contribution >= 4 is 18.0 Å². The topological polar surface area (TPSA) is 65.0 Å². The summed E-state index contributed by atoms with van der Waals surface area (Å²) < 4.78 is 78.9. The van der Waals surface area contributed by atoms with E-state index in [0.717, 1.165) is 6.92 Å². The van der Waals surface area contributed by atoms with Gasteiger partial charge in [0.15, 0.2) is 0 Å². The molecule has 0 radical (unpaired) electrons. The molecule has 0 saturated heterocycles. The van der Waals surface area contributed by atoms with Crippen LogP contribution in [-0.4, -0.2) is 34.9 Å². The number of alkyl halides is 6. The van der Waals surface area contributed by atoms with Crippen LogP contribution in [0.3, 0.4) is 0 Å². The number of esters is 1. The first-order chi connectivity index (χ1) is 8.00. The van der Waals surface area contributed by atoms with Gasteiger partial charge < -0.3 is 4.74 Å². The average Bonchev–Trinajstić information content (AvgIpc) is 2.18. The Labute approximate surface area is 100 Å². The number of rotatable bonds is 5. The van der Waals surface area contributed by atoms with Crippen molar-refractivity contribution in [3.8, 4) is 0 Å². The van der Waals surface area contributed by atoms with Gasteiger partial charge in [-0.3, -0.25) is 4.79 Å². The van der Waals surface area contributed by atoms with Gasteiger partial charge in [0.05, 0.1) is 0 Å². The number of hydrogen-bond donors (Lipinski definition) is 1. The normalized spacial score (nSPS) is 14.7. The summed E-state index contributed by atoms with van der Waals surface area (Å²) in [4.78, 5) is 10.9. The molecule has 0 rings (SSSR count). The third kappa shape index (κ3) is 5.75. The Hall–Kier alpha value is -0.720. The third-order valence-corrected chi connectivity index (χ3v) is 2.00. The van der Waals surface area contributed by atoms with Crippen LogP contribution in [0.25, 0.3) is 0 Å². The molecular formula is C6H6F6O5S. The van der Waals surface area contributed by atoms with Gasteiger partial charge in [-0.15, -0.1) is 4.33 Å². The summed E-state index contributed by atoms with van der Waals surface area (Å²) >= 11 is -0.0337. The highest BCUT2D eigenvalue weighted by Crippen LogP contribution is 2.36. The highest BCUT2D eigenvalue weighted by molar-refractivity contribution is 7.95. The molecule has 1 atom stereocenters. The van der Waals surface area contributed by atoms with Crippen molar-refractivity contribution in [1.29, 1.82) is 0 Å². The van der Waals surface area contributed by atoms with E-state index in [1.165, 1.54) is 0 Å². The van der Waals surface area contributed by atoms with Crippen molar-refractivity contribution < 1.29 is 50.5 Å². The molecule has 108 valence electrons.